The lowest BCUT2D eigenvalue weighted by Gasteiger charge is -2.38. The van der Waals surface area contributed by atoms with Gasteiger partial charge in [0.1, 0.15) is 11.8 Å². The zero-order chi connectivity index (χ0) is 15.7. The van der Waals surface area contributed by atoms with Crippen LogP contribution in [0.5, 0.6) is 0 Å². The molecule has 6 nitrogen and oxygen atoms in total. The molecule has 0 unspecified atom stereocenters. The number of carbonyl (C=O) groups is 1. The van der Waals surface area contributed by atoms with E-state index in [1.54, 1.807) is 30.6 Å². The van der Waals surface area contributed by atoms with Gasteiger partial charge in [-0.05, 0) is 30.3 Å². The highest BCUT2D eigenvalue weighted by Crippen LogP contribution is 2.25. The SMILES string of the molecule is O=C(Cn1cccn1)N1CC(S(=O)(=O)c2ccc(Cl)cc2)C1. The Morgan fingerprint density at radius 1 is 1.27 bits per heavy atom. The topological polar surface area (TPSA) is 72.3 Å². The molecule has 0 saturated carbocycles. The summed E-state index contributed by atoms with van der Waals surface area (Å²) in [4.78, 5) is 13.8. The van der Waals surface area contributed by atoms with Crippen LogP contribution in [0.25, 0.3) is 0 Å². The van der Waals surface area contributed by atoms with Crippen LogP contribution >= 0.6 is 11.6 Å². The highest BCUT2D eigenvalue weighted by Gasteiger charge is 2.40. The summed E-state index contributed by atoms with van der Waals surface area (Å²) in [5.74, 6) is -0.133. The molecule has 0 radical (unpaired) electrons. The Labute approximate surface area is 133 Å². The van der Waals surface area contributed by atoms with Crippen molar-refractivity contribution in [3.63, 3.8) is 0 Å². The highest BCUT2D eigenvalue weighted by atomic mass is 35.5. The number of likely N-dealkylation sites (tertiary alicyclic amines) is 1. The second kappa shape index (κ2) is 5.73. The third-order valence-electron chi connectivity index (χ3n) is 3.64. The van der Waals surface area contributed by atoms with Gasteiger partial charge in [0.15, 0.2) is 9.84 Å². The number of hydrogen-bond acceptors (Lipinski definition) is 4. The lowest BCUT2D eigenvalue weighted by atomic mass is 10.2. The number of aromatic nitrogens is 2. The van der Waals surface area contributed by atoms with E-state index in [9.17, 15) is 13.2 Å². The Morgan fingerprint density at radius 3 is 2.55 bits per heavy atom. The van der Waals surface area contributed by atoms with Gasteiger partial charge in [-0.15, -0.1) is 0 Å². The van der Waals surface area contributed by atoms with Gasteiger partial charge in [-0.2, -0.15) is 5.10 Å². The van der Waals surface area contributed by atoms with Gasteiger partial charge in [0.2, 0.25) is 5.91 Å². The minimum Gasteiger partial charge on any atom is -0.338 e. The normalized spacial score (nSPS) is 15.6. The smallest absolute Gasteiger partial charge is 0.244 e. The molecule has 0 spiro atoms. The van der Waals surface area contributed by atoms with E-state index in [2.05, 4.69) is 5.10 Å². The molecular weight excluding hydrogens is 326 g/mol. The molecule has 1 aromatic heterocycles. The van der Waals surface area contributed by atoms with Gasteiger partial charge >= 0.3 is 0 Å². The van der Waals surface area contributed by atoms with Crippen LogP contribution in [0.2, 0.25) is 5.02 Å². The zero-order valence-corrected chi connectivity index (χ0v) is 13.2. The molecule has 116 valence electrons. The fourth-order valence-corrected chi connectivity index (χ4v) is 4.07. The molecule has 3 rings (SSSR count). The number of halogens is 1. The predicted octanol–water partition coefficient (Wildman–Crippen LogP) is 1.22. The Kier molecular flexibility index (Phi) is 3.92. The average molecular weight is 340 g/mol. The van der Waals surface area contributed by atoms with Crippen LogP contribution in [-0.2, 0) is 21.2 Å². The van der Waals surface area contributed by atoms with Crippen molar-refractivity contribution < 1.29 is 13.2 Å². The molecule has 0 aliphatic carbocycles. The van der Waals surface area contributed by atoms with Crippen molar-refractivity contribution in [3.8, 4) is 0 Å². The highest BCUT2D eigenvalue weighted by molar-refractivity contribution is 7.92. The summed E-state index contributed by atoms with van der Waals surface area (Å²) in [6.45, 7) is 0.552. The fourth-order valence-electron chi connectivity index (χ4n) is 2.29. The van der Waals surface area contributed by atoms with Crippen LogP contribution in [0.4, 0.5) is 0 Å². The van der Waals surface area contributed by atoms with Crippen LogP contribution in [0, 0.1) is 0 Å². The number of nitrogens with zero attached hydrogens (tertiary/aromatic N) is 3. The van der Waals surface area contributed by atoms with E-state index in [4.69, 9.17) is 11.6 Å². The third kappa shape index (κ3) is 2.86. The van der Waals surface area contributed by atoms with E-state index in [1.165, 1.54) is 21.7 Å². The first-order chi connectivity index (χ1) is 10.5. The van der Waals surface area contributed by atoms with Gasteiger partial charge in [-0.1, -0.05) is 11.6 Å². The molecule has 22 heavy (non-hydrogen) atoms. The van der Waals surface area contributed by atoms with Crippen molar-refractivity contribution in [2.75, 3.05) is 13.1 Å². The molecule has 2 heterocycles. The average Bonchev–Trinajstić information content (AvgIpc) is 2.90. The van der Waals surface area contributed by atoms with E-state index < -0.39 is 15.1 Å². The molecule has 2 aromatic rings. The quantitative estimate of drug-likeness (QED) is 0.839. The molecule has 0 N–H and O–H groups in total. The van der Waals surface area contributed by atoms with Crippen molar-refractivity contribution in [2.45, 2.75) is 16.7 Å². The minimum atomic E-state index is -3.42. The van der Waals surface area contributed by atoms with Crippen molar-refractivity contribution in [3.05, 3.63) is 47.7 Å². The van der Waals surface area contributed by atoms with E-state index in [1.807, 2.05) is 0 Å². The summed E-state index contributed by atoms with van der Waals surface area (Å²) in [6, 6.07) is 7.82. The molecule has 0 bridgehead atoms. The molecular formula is C14H14ClN3O3S. The first-order valence-corrected chi connectivity index (χ1v) is 8.64. The van der Waals surface area contributed by atoms with Gasteiger partial charge in [-0.25, -0.2) is 8.42 Å². The largest absolute Gasteiger partial charge is 0.338 e. The minimum absolute atomic E-state index is 0.126. The number of sulfone groups is 1. The van der Waals surface area contributed by atoms with Crippen molar-refractivity contribution in [1.29, 1.82) is 0 Å². The Morgan fingerprint density at radius 2 is 1.95 bits per heavy atom. The van der Waals surface area contributed by atoms with Gasteiger partial charge < -0.3 is 4.90 Å². The Hall–Kier alpha value is -1.86. The van der Waals surface area contributed by atoms with Crippen molar-refractivity contribution >= 4 is 27.3 Å². The first-order valence-electron chi connectivity index (χ1n) is 6.71. The number of rotatable bonds is 4. The van der Waals surface area contributed by atoms with Crippen LogP contribution < -0.4 is 0 Å². The van der Waals surface area contributed by atoms with Crippen molar-refractivity contribution in [1.82, 2.24) is 14.7 Å². The fraction of sp³-hybridized carbons (Fsp3) is 0.286. The maximum Gasteiger partial charge on any atom is 0.244 e. The summed E-state index contributed by atoms with van der Waals surface area (Å²) in [6.07, 6.45) is 3.29. The lowest BCUT2D eigenvalue weighted by molar-refractivity contribution is -0.135. The van der Waals surface area contributed by atoms with Gasteiger partial charge in [-0.3, -0.25) is 9.48 Å². The van der Waals surface area contributed by atoms with Gasteiger partial charge in [0.05, 0.1) is 4.90 Å². The third-order valence-corrected chi connectivity index (χ3v) is 6.00. The number of benzene rings is 1. The lowest BCUT2D eigenvalue weighted by Crippen LogP contribution is -2.57. The molecule has 1 aliphatic heterocycles. The molecule has 0 atom stereocenters. The Bertz CT molecular complexity index is 766. The number of carbonyl (C=O) groups excluding carboxylic acids is 1. The number of hydrogen-bond donors (Lipinski definition) is 0. The first kappa shape index (κ1) is 15.1. The molecule has 1 amide bonds. The van der Waals surface area contributed by atoms with E-state index >= 15 is 0 Å². The predicted molar refractivity (Wildman–Crippen MR) is 81.2 cm³/mol. The molecule has 1 saturated heterocycles. The van der Waals surface area contributed by atoms with Gasteiger partial charge in [0, 0.05) is 30.5 Å². The molecule has 1 aliphatic rings. The standard InChI is InChI=1S/C14H14ClN3O3S/c15-11-2-4-12(5-3-11)22(20,21)13-8-17(9-13)14(19)10-18-7-1-6-16-18/h1-7,13H,8-10H2. The van der Waals surface area contributed by atoms with Crippen LogP contribution in [0.3, 0.4) is 0 Å². The van der Waals surface area contributed by atoms with Crippen molar-refractivity contribution in [2.24, 2.45) is 0 Å². The van der Waals surface area contributed by atoms with Crippen LogP contribution in [0.1, 0.15) is 0 Å². The van der Waals surface area contributed by atoms with Gasteiger partial charge in [0.25, 0.3) is 0 Å². The maximum absolute atomic E-state index is 12.4. The summed E-state index contributed by atoms with van der Waals surface area (Å²) < 4.78 is 26.3. The monoisotopic (exact) mass is 339 g/mol. The van der Waals surface area contributed by atoms with E-state index in [0.717, 1.165) is 0 Å². The van der Waals surface area contributed by atoms with Crippen LogP contribution in [-0.4, -0.2) is 47.3 Å². The molecule has 8 heteroatoms. The van der Waals surface area contributed by atoms with E-state index in [0.29, 0.717) is 5.02 Å². The maximum atomic E-state index is 12.4. The molecule has 1 aromatic carbocycles. The second-order valence-corrected chi connectivity index (χ2v) is 7.79. The zero-order valence-electron chi connectivity index (χ0n) is 11.6. The summed E-state index contributed by atoms with van der Waals surface area (Å²) in [5.41, 5.74) is 0. The summed E-state index contributed by atoms with van der Waals surface area (Å²) >= 11 is 5.77. The second-order valence-electron chi connectivity index (χ2n) is 5.12. The summed E-state index contributed by atoms with van der Waals surface area (Å²) in [7, 11) is -3.42. The Balaban J connectivity index is 1.62. The molecule has 1 fully saturated rings. The summed E-state index contributed by atoms with van der Waals surface area (Å²) in [5, 5.41) is 3.89. The van der Waals surface area contributed by atoms with Crippen LogP contribution in [0.15, 0.2) is 47.6 Å². The van der Waals surface area contributed by atoms with E-state index in [-0.39, 0.29) is 30.4 Å². The number of amides is 1.